The molecule has 2 aliphatic rings. The molecular formula is C18H28N2OS. The van der Waals surface area contributed by atoms with Crippen LogP contribution in [0.3, 0.4) is 0 Å². The van der Waals surface area contributed by atoms with E-state index in [4.69, 9.17) is 0 Å². The normalized spacial score (nSPS) is 21.3. The molecule has 0 radical (unpaired) electrons. The van der Waals surface area contributed by atoms with Gasteiger partial charge in [-0.3, -0.25) is 9.69 Å². The second-order valence-electron chi connectivity index (χ2n) is 6.81. The molecule has 1 N–H and O–H groups in total. The molecule has 0 bridgehead atoms. The molecule has 1 amide bonds. The van der Waals surface area contributed by atoms with E-state index in [2.05, 4.69) is 27.0 Å². The Balaban J connectivity index is 1.47. The van der Waals surface area contributed by atoms with Gasteiger partial charge in [-0.1, -0.05) is 25.7 Å². The largest absolute Gasteiger partial charge is 0.354 e. The quantitative estimate of drug-likeness (QED) is 0.824. The highest BCUT2D eigenvalue weighted by molar-refractivity contribution is 7.07. The zero-order valence-electron chi connectivity index (χ0n) is 13.4. The summed E-state index contributed by atoms with van der Waals surface area (Å²) in [5, 5.41) is 7.56. The fourth-order valence-electron chi connectivity index (χ4n) is 3.91. The van der Waals surface area contributed by atoms with E-state index in [0.717, 1.165) is 18.9 Å². The number of likely N-dealkylation sites (tertiary alicyclic amines) is 1. The van der Waals surface area contributed by atoms with Crippen LogP contribution in [0.2, 0.25) is 0 Å². The van der Waals surface area contributed by atoms with Gasteiger partial charge >= 0.3 is 0 Å². The third-order valence-electron chi connectivity index (χ3n) is 5.26. The first-order chi connectivity index (χ1) is 10.8. The fourth-order valence-corrected chi connectivity index (χ4v) is 4.62. The Hall–Kier alpha value is -0.870. The van der Waals surface area contributed by atoms with Gasteiger partial charge in [-0.2, -0.15) is 11.3 Å². The van der Waals surface area contributed by atoms with Crippen molar-refractivity contribution in [1.29, 1.82) is 0 Å². The summed E-state index contributed by atoms with van der Waals surface area (Å²) in [5.41, 5.74) is 1.36. The van der Waals surface area contributed by atoms with Crippen molar-refractivity contribution in [2.75, 3.05) is 19.6 Å². The van der Waals surface area contributed by atoms with Gasteiger partial charge in [-0.25, -0.2) is 0 Å². The molecule has 0 spiro atoms. The molecule has 122 valence electrons. The maximum atomic E-state index is 12.2. The Morgan fingerprint density at radius 2 is 2.05 bits per heavy atom. The molecule has 1 atom stereocenters. The van der Waals surface area contributed by atoms with E-state index in [1.165, 1.54) is 57.2 Å². The van der Waals surface area contributed by atoms with Crippen molar-refractivity contribution in [2.24, 2.45) is 5.92 Å². The molecule has 0 aromatic carbocycles. The van der Waals surface area contributed by atoms with Crippen LogP contribution < -0.4 is 5.32 Å². The predicted molar refractivity (Wildman–Crippen MR) is 92.1 cm³/mol. The molecule has 4 heteroatoms. The maximum Gasteiger partial charge on any atom is 0.220 e. The third kappa shape index (κ3) is 4.32. The Labute approximate surface area is 138 Å². The van der Waals surface area contributed by atoms with E-state index in [1.54, 1.807) is 11.3 Å². The molecule has 1 aliphatic heterocycles. The first-order valence-corrected chi connectivity index (χ1v) is 9.80. The van der Waals surface area contributed by atoms with E-state index in [-0.39, 0.29) is 5.91 Å². The minimum absolute atomic E-state index is 0.242. The van der Waals surface area contributed by atoms with Gasteiger partial charge in [0.2, 0.25) is 5.91 Å². The van der Waals surface area contributed by atoms with Crippen LogP contribution in [-0.2, 0) is 4.79 Å². The summed E-state index contributed by atoms with van der Waals surface area (Å²) in [6.07, 6.45) is 9.76. The third-order valence-corrected chi connectivity index (χ3v) is 5.96. The lowest BCUT2D eigenvalue weighted by atomic mass is 10.0. The standard InChI is InChI=1S/C18H28N2OS/c21-18(8-7-15-5-1-2-6-15)19-13-17(16-9-12-22-14-16)20-10-3-4-11-20/h9,12,14-15,17H,1-8,10-11,13H2,(H,19,21). The second-order valence-corrected chi connectivity index (χ2v) is 7.59. The highest BCUT2D eigenvalue weighted by Gasteiger charge is 2.24. The van der Waals surface area contributed by atoms with Crippen molar-refractivity contribution in [3.8, 4) is 0 Å². The van der Waals surface area contributed by atoms with Gasteiger partial charge in [0.1, 0.15) is 0 Å². The molecule has 2 heterocycles. The van der Waals surface area contributed by atoms with Crippen LogP contribution in [-0.4, -0.2) is 30.4 Å². The molecule has 1 aromatic rings. The zero-order chi connectivity index (χ0) is 15.2. The summed E-state index contributed by atoms with van der Waals surface area (Å²) in [6, 6.07) is 2.57. The molecule has 2 fully saturated rings. The summed E-state index contributed by atoms with van der Waals surface area (Å²) in [7, 11) is 0. The highest BCUT2D eigenvalue weighted by Crippen LogP contribution is 2.29. The van der Waals surface area contributed by atoms with Gasteiger partial charge in [-0.05, 0) is 60.7 Å². The van der Waals surface area contributed by atoms with E-state index in [1.807, 2.05) is 0 Å². The van der Waals surface area contributed by atoms with E-state index >= 15 is 0 Å². The van der Waals surface area contributed by atoms with Crippen molar-refractivity contribution in [3.05, 3.63) is 22.4 Å². The summed E-state index contributed by atoms with van der Waals surface area (Å²) in [5.74, 6) is 1.04. The van der Waals surface area contributed by atoms with Crippen LogP contribution in [0.1, 0.15) is 63.0 Å². The smallest absolute Gasteiger partial charge is 0.220 e. The number of carbonyl (C=O) groups excluding carboxylic acids is 1. The molecular weight excluding hydrogens is 292 g/mol. The van der Waals surface area contributed by atoms with Crippen molar-refractivity contribution in [2.45, 2.75) is 57.4 Å². The van der Waals surface area contributed by atoms with Gasteiger partial charge < -0.3 is 5.32 Å². The monoisotopic (exact) mass is 320 g/mol. The zero-order valence-corrected chi connectivity index (χ0v) is 14.2. The number of hydrogen-bond donors (Lipinski definition) is 1. The molecule has 3 rings (SSSR count). The molecule has 1 saturated carbocycles. The summed E-state index contributed by atoms with van der Waals surface area (Å²) in [4.78, 5) is 14.7. The van der Waals surface area contributed by atoms with Crippen LogP contribution in [0, 0.1) is 5.92 Å². The van der Waals surface area contributed by atoms with Crippen molar-refractivity contribution >= 4 is 17.2 Å². The number of rotatable bonds is 7. The van der Waals surface area contributed by atoms with Crippen molar-refractivity contribution < 1.29 is 4.79 Å². The molecule has 1 unspecified atom stereocenters. The lowest BCUT2D eigenvalue weighted by Crippen LogP contribution is -2.36. The van der Waals surface area contributed by atoms with Crippen molar-refractivity contribution in [3.63, 3.8) is 0 Å². The summed E-state index contributed by atoms with van der Waals surface area (Å²) in [6.45, 7) is 3.09. The minimum atomic E-state index is 0.242. The van der Waals surface area contributed by atoms with Crippen LogP contribution in [0.15, 0.2) is 16.8 Å². The lowest BCUT2D eigenvalue weighted by molar-refractivity contribution is -0.121. The Morgan fingerprint density at radius 1 is 1.27 bits per heavy atom. The topological polar surface area (TPSA) is 32.3 Å². The molecule has 3 nitrogen and oxygen atoms in total. The number of thiophene rings is 1. The van der Waals surface area contributed by atoms with Gasteiger partial charge in [-0.15, -0.1) is 0 Å². The SMILES string of the molecule is O=C(CCC1CCCC1)NCC(c1ccsc1)N1CCCC1. The van der Waals surface area contributed by atoms with E-state index in [9.17, 15) is 4.79 Å². The average molecular weight is 321 g/mol. The first-order valence-electron chi connectivity index (χ1n) is 8.86. The first kappa shape index (κ1) is 16.0. The molecule has 22 heavy (non-hydrogen) atoms. The fraction of sp³-hybridized carbons (Fsp3) is 0.722. The predicted octanol–water partition coefficient (Wildman–Crippen LogP) is 3.97. The van der Waals surface area contributed by atoms with Crippen LogP contribution in [0.25, 0.3) is 0 Å². The Kier molecular flexibility index (Phi) is 5.90. The average Bonchev–Trinajstić information content (AvgIpc) is 3.27. The number of nitrogens with zero attached hydrogens (tertiary/aromatic N) is 1. The van der Waals surface area contributed by atoms with Gasteiger partial charge in [0.05, 0.1) is 6.04 Å². The van der Waals surface area contributed by atoms with Crippen LogP contribution in [0.5, 0.6) is 0 Å². The highest BCUT2D eigenvalue weighted by atomic mass is 32.1. The molecule has 1 aliphatic carbocycles. The molecule has 1 aromatic heterocycles. The Bertz CT molecular complexity index is 448. The van der Waals surface area contributed by atoms with Gasteiger partial charge in [0.15, 0.2) is 0 Å². The van der Waals surface area contributed by atoms with E-state index < -0.39 is 0 Å². The summed E-state index contributed by atoms with van der Waals surface area (Å²) < 4.78 is 0. The number of amides is 1. The van der Waals surface area contributed by atoms with Gasteiger partial charge in [0.25, 0.3) is 0 Å². The minimum Gasteiger partial charge on any atom is -0.354 e. The van der Waals surface area contributed by atoms with Crippen LogP contribution in [0.4, 0.5) is 0 Å². The van der Waals surface area contributed by atoms with E-state index in [0.29, 0.717) is 12.5 Å². The van der Waals surface area contributed by atoms with Gasteiger partial charge in [0, 0.05) is 13.0 Å². The number of carbonyl (C=O) groups is 1. The number of hydrogen-bond acceptors (Lipinski definition) is 3. The van der Waals surface area contributed by atoms with Crippen LogP contribution >= 0.6 is 11.3 Å². The van der Waals surface area contributed by atoms with Crippen molar-refractivity contribution in [1.82, 2.24) is 10.2 Å². The summed E-state index contributed by atoms with van der Waals surface area (Å²) >= 11 is 1.75. The Morgan fingerprint density at radius 3 is 2.73 bits per heavy atom. The second kappa shape index (κ2) is 8.11. The molecule has 1 saturated heterocycles. The lowest BCUT2D eigenvalue weighted by Gasteiger charge is -2.27. The number of nitrogens with one attached hydrogen (secondary N) is 1. The maximum absolute atomic E-state index is 12.2.